The molecule has 0 radical (unpaired) electrons. The van der Waals surface area contributed by atoms with Crippen LogP contribution in [0.2, 0.25) is 0 Å². The van der Waals surface area contributed by atoms with Crippen LogP contribution in [0.1, 0.15) is 24.1 Å². The first-order chi connectivity index (χ1) is 11.1. The summed E-state index contributed by atoms with van der Waals surface area (Å²) in [7, 11) is 0. The van der Waals surface area contributed by atoms with Crippen LogP contribution in [0.5, 0.6) is 0 Å². The molecule has 1 fully saturated rings. The van der Waals surface area contributed by atoms with Crippen molar-refractivity contribution in [1.82, 2.24) is 15.1 Å². The Labute approximate surface area is 139 Å². The van der Waals surface area contributed by atoms with Crippen LogP contribution >= 0.6 is 11.6 Å². The summed E-state index contributed by atoms with van der Waals surface area (Å²) in [5.74, 6) is 0.0962. The van der Waals surface area contributed by atoms with Gasteiger partial charge in [0.25, 0.3) is 0 Å². The normalized spacial score (nSPS) is 18.4. The van der Waals surface area contributed by atoms with Crippen LogP contribution in [-0.4, -0.2) is 39.4 Å². The SMILES string of the molecule is O=C(O)N1CCC(C(Cl)(c2ccccc2)c2cccnn2)CC1. The zero-order valence-corrected chi connectivity index (χ0v) is 13.4. The maximum Gasteiger partial charge on any atom is 0.407 e. The molecule has 1 atom stereocenters. The third-order valence-electron chi connectivity index (χ3n) is 4.47. The van der Waals surface area contributed by atoms with Crippen LogP contribution in [0.15, 0.2) is 48.7 Å². The number of benzene rings is 1. The quantitative estimate of drug-likeness (QED) is 0.876. The Morgan fingerprint density at radius 2 is 1.87 bits per heavy atom. The molecule has 0 saturated carbocycles. The van der Waals surface area contributed by atoms with E-state index in [4.69, 9.17) is 16.7 Å². The van der Waals surface area contributed by atoms with Gasteiger partial charge in [-0.25, -0.2) is 4.79 Å². The Bertz CT molecular complexity index is 619. The Balaban J connectivity index is 1.96. The average Bonchev–Trinajstić information content (AvgIpc) is 2.62. The molecule has 1 N–H and O–H groups in total. The largest absolute Gasteiger partial charge is 0.465 e. The molecule has 120 valence electrons. The molecule has 3 rings (SSSR count). The molecule has 5 nitrogen and oxygen atoms in total. The van der Waals surface area contributed by atoms with Gasteiger partial charge in [-0.05, 0) is 36.5 Å². The lowest BCUT2D eigenvalue weighted by atomic mass is 9.77. The second-order valence-electron chi connectivity index (χ2n) is 5.73. The number of rotatable bonds is 3. The van der Waals surface area contributed by atoms with Gasteiger partial charge in [0, 0.05) is 19.3 Å². The summed E-state index contributed by atoms with van der Waals surface area (Å²) in [5.41, 5.74) is 1.68. The molecule has 1 aromatic carbocycles. The molecule has 0 aliphatic carbocycles. The van der Waals surface area contributed by atoms with Gasteiger partial charge in [0.15, 0.2) is 0 Å². The minimum atomic E-state index is -0.872. The van der Waals surface area contributed by atoms with E-state index in [9.17, 15) is 4.79 Å². The first-order valence-corrected chi connectivity index (χ1v) is 8.00. The van der Waals surface area contributed by atoms with Gasteiger partial charge in [0.05, 0.1) is 5.69 Å². The van der Waals surface area contributed by atoms with Crippen LogP contribution < -0.4 is 0 Å². The Hall–Kier alpha value is -2.14. The molecule has 2 heterocycles. The topological polar surface area (TPSA) is 66.3 Å². The molecule has 23 heavy (non-hydrogen) atoms. The molecule has 2 aromatic rings. The van der Waals surface area contributed by atoms with E-state index < -0.39 is 11.0 Å². The van der Waals surface area contributed by atoms with Crippen molar-refractivity contribution in [2.45, 2.75) is 17.7 Å². The zero-order chi connectivity index (χ0) is 16.3. The lowest BCUT2D eigenvalue weighted by molar-refractivity contribution is 0.119. The van der Waals surface area contributed by atoms with Crippen molar-refractivity contribution in [2.24, 2.45) is 5.92 Å². The van der Waals surface area contributed by atoms with Gasteiger partial charge in [-0.2, -0.15) is 10.2 Å². The second kappa shape index (κ2) is 6.54. The standard InChI is InChI=1S/C17H18ClN3O2/c18-17(13-5-2-1-3-6-13,15-7-4-10-19-20-15)14-8-11-21(12-9-14)16(22)23/h1-7,10,14H,8-9,11-12H2,(H,22,23). The second-order valence-corrected chi connectivity index (χ2v) is 6.33. The molecule has 1 aliphatic heterocycles. The highest BCUT2D eigenvalue weighted by Gasteiger charge is 2.43. The van der Waals surface area contributed by atoms with Crippen LogP contribution in [0.4, 0.5) is 4.79 Å². The summed E-state index contributed by atoms with van der Waals surface area (Å²) in [5, 5.41) is 17.4. The number of nitrogens with zero attached hydrogens (tertiary/aromatic N) is 3. The fourth-order valence-corrected chi connectivity index (χ4v) is 3.68. The number of hydrogen-bond donors (Lipinski definition) is 1. The van der Waals surface area contributed by atoms with Crippen molar-refractivity contribution in [2.75, 3.05) is 13.1 Å². The van der Waals surface area contributed by atoms with Crippen molar-refractivity contribution in [3.8, 4) is 0 Å². The minimum absolute atomic E-state index is 0.0962. The van der Waals surface area contributed by atoms with Crippen LogP contribution in [0.25, 0.3) is 0 Å². The Morgan fingerprint density at radius 1 is 1.17 bits per heavy atom. The molecule has 0 bridgehead atoms. The predicted molar refractivity (Wildman–Crippen MR) is 87.4 cm³/mol. The zero-order valence-electron chi connectivity index (χ0n) is 12.6. The number of alkyl halides is 1. The average molecular weight is 332 g/mol. The minimum Gasteiger partial charge on any atom is -0.465 e. The monoisotopic (exact) mass is 331 g/mol. The number of aromatic nitrogens is 2. The van der Waals surface area contributed by atoms with Gasteiger partial charge in [-0.15, -0.1) is 11.6 Å². The highest BCUT2D eigenvalue weighted by Crippen LogP contribution is 2.46. The van der Waals surface area contributed by atoms with E-state index in [0.29, 0.717) is 31.6 Å². The van der Waals surface area contributed by atoms with E-state index in [1.54, 1.807) is 6.20 Å². The van der Waals surface area contributed by atoms with Crippen LogP contribution in [-0.2, 0) is 4.87 Å². The van der Waals surface area contributed by atoms with E-state index in [1.807, 2.05) is 42.5 Å². The fraction of sp³-hybridized carbons (Fsp3) is 0.353. The Morgan fingerprint density at radius 3 is 2.43 bits per heavy atom. The van der Waals surface area contributed by atoms with Crippen molar-refractivity contribution in [1.29, 1.82) is 0 Å². The smallest absolute Gasteiger partial charge is 0.407 e. The molecule has 1 unspecified atom stereocenters. The van der Waals surface area contributed by atoms with Crippen LogP contribution in [0, 0.1) is 5.92 Å². The number of hydrogen-bond acceptors (Lipinski definition) is 3. The van der Waals surface area contributed by atoms with Crippen molar-refractivity contribution >= 4 is 17.7 Å². The van der Waals surface area contributed by atoms with E-state index in [-0.39, 0.29) is 5.92 Å². The number of carbonyl (C=O) groups is 1. The van der Waals surface area contributed by atoms with E-state index in [0.717, 1.165) is 5.56 Å². The number of piperidine rings is 1. The van der Waals surface area contributed by atoms with E-state index in [1.165, 1.54) is 4.90 Å². The number of carboxylic acid groups (broad SMARTS) is 1. The fourth-order valence-electron chi connectivity index (χ4n) is 3.24. The molecule has 1 amide bonds. The van der Waals surface area contributed by atoms with Gasteiger partial charge in [0.2, 0.25) is 0 Å². The summed E-state index contributed by atoms with van der Waals surface area (Å²) in [6, 6.07) is 13.6. The van der Waals surface area contributed by atoms with Gasteiger partial charge in [-0.3, -0.25) is 0 Å². The first-order valence-electron chi connectivity index (χ1n) is 7.63. The van der Waals surface area contributed by atoms with Gasteiger partial charge in [-0.1, -0.05) is 30.3 Å². The highest BCUT2D eigenvalue weighted by molar-refractivity contribution is 6.26. The molecular weight excluding hydrogens is 314 g/mol. The van der Waals surface area contributed by atoms with Gasteiger partial charge < -0.3 is 10.0 Å². The summed E-state index contributed by atoms with van der Waals surface area (Å²) >= 11 is 7.13. The lowest BCUT2D eigenvalue weighted by Gasteiger charge is -2.40. The van der Waals surface area contributed by atoms with E-state index >= 15 is 0 Å². The highest BCUT2D eigenvalue weighted by atomic mass is 35.5. The van der Waals surface area contributed by atoms with Crippen molar-refractivity contribution < 1.29 is 9.90 Å². The van der Waals surface area contributed by atoms with Gasteiger partial charge in [0.1, 0.15) is 4.87 Å². The van der Waals surface area contributed by atoms with E-state index in [2.05, 4.69) is 10.2 Å². The van der Waals surface area contributed by atoms with Crippen molar-refractivity contribution in [3.63, 3.8) is 0 Å². The molecule has 1 aliphatic rings. The van der Waals surface area contributed by atoms with Crippen LogP contribution in [0.3, 0.4) is 0 Å². The molecule has 1 saturated heterocycles. The predicted octanol–water partition coefficient (Wildman–Crippen LogP) is 3.35. The lowest BCUT2D eigenvalue weighted by Crippen LogP contribution is -2.43. The summed E-state index contributed by atoms with van der Waals surface area (Å²) < 4.78 is 0. The number of halogens is 1. The molecule has 1 aromatic heterocycles. The molecular formula is C17H18ClN3O2. The third kappa shape index (κ3) is 3.01. The summed E-state index contributed by atoms with van der Waals surface area (Å²) in [6.45, 7) is 0.975. The maximum absolute atomic E-state index is 11.1. The molecule has 6 heteroatoms. The Kier molecular flexibility index (Phi) is 4.48. The van der Waals surface area contributed by atoms with Gasteiger partial charge >= 0.3 is 6.09 Å². The third-order valence-corrected chi connectivity index (χ3v) is 5.19. The first kappa shape index (κ1) is 15.7. The maximum atomic E-state index is 11.1. The van der Waals surface area contributed by atoms with Crippen molar-refractivity contribution in [3.05, 3.63) is 59.9 Å². The molecule has 0 spiro atoms. The number of amides is 1. The summed E-state index contributed by atoms with van der Waals surface area (Å²) in [6.07, 6.45) is 2.14. The number of likely N-dealkylation sites (tertiary alicyclic amines) is 1. The summed E-state index contributed by atoms with van der Waals surface area (Å²) in [4.78, 5) is 11.8.